The number of amides is 1. The van der Waals surface area contributed by atoms with Crippen molar-refractivity contribution >= 4 is 32.6 Å². The van der Waals surface area contributed by atoms with E-state index in [-0.39, 0.29) is 18.3 Å². The van der Waals surface area contributed by atoms with Crippen molar-refractivity contribution in [3.05, 3.63) is 71.6 Å². The molecule has 8 heteroatoms. The maximum absolute atomic E-state index is 13.6. The molecular weight excluding hydrogens is 377 g/mol. The Hall–Kier alpha value is -3.13. The third kappa shape index (κ3) is 3.50. The predicted molar refractivity (Wildman–Crippen MR) is 107 cm³/mol. The number of benzene rings is 1. The van der Waals surface area contributed by atoms with Crippen molar-refractivity contribution in [1.29, 1.82) is 0 Å². The van der Waals surface area contributed by atoms with E-state index < -0.39 is 0 Å². The van der Waals surface area contributed by atoms with E-state index in [1.54, 1.807) is 27.9 Å². The molecule has 0 aliphatic heterocycles. The molecule has 0 bridgehead atoms. The number of fused-ring (bicyclic) bond motifs is 1. The summed E-state index contributed by atoms with van der Waals surface area (Å²) in [6.45, 7) is 4.82. The second-order valence-electron chi connectivity index (χ2n) is 6.31. The molecule has 6 nitrogen and oxygen atoms in total. The molecule has 1 aromatic carbocycles. The minimum Gasteiger partial charge on any atom is -0.276 e. The number of carbonyl (C=O) groups excluding carboxylic acids is 1. The number of rotatable bonds is 5. The number of nitrogens with zero attached hydrogens (tertiary/aromatic N) is 5. The Kier molecular flexibility index (Phi) is 4.87. The van der Waals surface area contributed by atoms with E-state index in [9.17, 15) is 9.18 Å². The fraction of sp³-hybridized carbons (Fsp3) is 0.200. The highest BCUT2D eigenvalue weighted by molar-refractivity contribution is 7.22. The van der Waals surface area contributed by atoms with Gasteiger partial charge in [-0.3, -0.25) is 19.4 Å². The van der Waals surface area contributed by atoms with E-state index in [2.05, 4.69) is 15.1 Å². The van der Waals surface area contributed by atoms with Gasteiger partial charge in [0.15, 0.2) is 10.8 Å². The summed E-state index contributed by atoms with van der Waals surface area (Å²) >= 11 is 1.27. The fourth-order valence-corrected chi connectivity index (χ4v) is 3.94. The van der Waals surface area contributed by atoms with Gasteiger partial charge in [-0.1, -0.05) is 17.4 Å². The summed E-state index contributed by atoms with van der Waals surface area (Å²) in [7, 11) is 0. The number of carbonyl (C=O) groups is 1. The lowest BCUT2D eigenvalue weighted by atomic mass is 10.3. The van der Waals surface area contributed by atoms with Gasteiger partial charge in [-0.15, -0.1) is 0 Å². The highest BCUT2D eigenvalue weighted by Gasteiger charge is 2.25. The summed E-state index contributed by atoms with van der Waals surface area (Å²) in [5.41, 5.74) is 2.64. The monoisotopic (exact) mass is 395 g/mol. The standard InChI is InChI=1S/C20H18FN5OS/c1-3-26-13(2)10-17(24-26)19(27)25(12-15-6-4-5-9-22-15)20-23-16-8-7-14(21)11-18(16)28-20/h4-11H,3,12H2,1-2H3. The Labute approximate surface area is 165 Å². The van der Waals surface area contributed by atoms with Crippen LogP contribution in [-0.4, -0.2) is 25.7 Å². The quantitative estimate of drug-likeness (QED) is 0.508. The van der Waals surface area contributed by atoms with Crippen LogP contribution in [-0.2, 0) is 13.1 Å². The van der Waals surface area contributed by atoms with Gasteiger partial charge in [-0.05, 0) is 50.2 Å². The molecule has 28 heavy (non-hydrogen) atoms. The zero-order valence-corrected chi connectivity index (χ0v) is 16.3. The fourth-order valence-electron chi connectivity index (χ4n) is 2.95. The molecule has 0 radical (unpaired) electrons. The Bertz CT molecular complexity index is 1140. The Morgan fingerprint density at radius 1 is 1.25 bits per heavy atom. The zero-order valence-electron chi connectivity index (χ0n) is 15.5. The lowest BCUT2D eigenvalue weighted by molar-refractivity contribution is 0.0979. The average molecular weight is 395 g/mol. The SMILES string of the molecule is CCn1nc(C(=O)N(Cc2ccccn2)c2nc3ccc(F)cc3s2)cc1C. The molecule has 3 heterocycles. The Balaban J connectivity index is 1.76. The minimum absolute atomic E-state index is 0.250. The summed E-state index contributed by atoms with van der Waals surface area (Å²) in [5, 5.41) is 4.89. The van der Waals surface area contributed by atoms with Crippen molar-refractivity contribution in [2.45, 2.75) is 26.9 Å². The highest BCUT2D eigenvalue weighted by Crippen LogP contribution is 2.31. The maximum atomic E-state index is 13.6. The molecule has 0 aliphatic carbocycles. The number of hydrogen-bond acceptors (Lipinski definition) is 5. The largest absolute Gasteiger partial charge is 0.280 e. The van der Waals surface area contributed by atoms with Crippen molar-refractivity contribution < 1.29 is 9.18 Å². The first-order valence-corrected chi connectivity index (χ1v) is 9.69. The average Bonchev–Trinajstić information content (AvgIpc) is 3.29. The van der Waals surface area contributed by atoms with Gasteiger partial charge >= 0.3 is 0 Å². The molecule has 0 N–H and O–H groups in total. The number of pyridine rings is 1. The summed E-state index contributed by atoms with van der Waals surface area (Å²) in [6, 6.07) is 11.7. The summed E-state index contributed by atoms with van der Waals surface area (Å²) in [4.78, 5) is 23.7. The van der Waals surface area contributed by atoms with E-state index >= 15 is 0 Å². The van der Waals surface area contributed by atoms with Gasteiger partial charge in [0.2, 0.25) is 0 Å². The van der Waals surface area contributed by atoms with E-state index in [0.717, 1.165) is 11.4 Å². The van der Waals surface area contributed by atoms with Crippen LogP contribution in [0.4, 0.5) is 9.52 Å². The first-order chi connectivity index (χ1) is 13.5. The molecule has 0 atom stereocenters. The normalized spacial score (nSPS) is 11.1. The highest BCUT2D eigenvalue weighted by atomic mass is 32.1. The van der Waals surface area contributed by atoms with Crippen LogP contribution >= 0.6 is 11.3 Å². The second kappa shape index (κ2) is 7.47. The van der Waals surface area contributed by atoms with Crippen LogP contribution in [0.3, 0.4) is 0 Å². The molecule has 4 rings (SSSR count). The van der Waals surface area contributed by atoms with Gasteiger partial charge in [0.05, 0.1) is 22.5 Å². The first-order valence-electron chi connectivity index (χ1n) is 8.87. The van der Waals surface area contributed by atoms with Crippen molar-refractivity contribution in [2.24, 2.45) is 0 Å². The van der Waals surface area contributed by atoms with Crippen LogP contribution in [0.2, 0.25) is 0 Å². The third-order valence-electron chi connectivity index (χ3n) is 4.36. The molecule has 0 saturated carbocycles. The van der Waals surface area contributed by atoms with E-state index in [4.69, 9.17) is 0 Å². The van der Waals surface area contributed by atoms with Crippen LogP contribution in [0.15, 0.2) is 48.7 Å². The molecule has 142 valence electrons. The lowest BCUT2D eigenvalue weighted by Crippen LogP contribution is -2.31. The van der Waals surface area contributed by atoms with Crippen LogP contribution in [0.1, 0.15) is 28.8 Å². The van der Waals surface area contributed by atoms with Gasteiger partial charge in [0.25, 0.3) is 5.91 Å². The molecular formula is C20H18FN5OS. The number of aromatic nitrogens is 4. The smallest absolute Gasteiger partial charge is 0.276 e. The van der Waals surface area contributed by atoms with E-state index in [1.807, 2.05) is 32.0 Å². The first kappa shape index (κ1) is 18.2. The van der Waals surface area contributed by atoms with Gasteiger partial charge in [0, 0.05) is 18.4 Å². The number of hydrogen-bond donors (Lipinski definition) is 0. The Morgan fingerprint density at radius 2 is 2.11 bits per heavy atom. The van der Waals surface area contributed by atoms with Gasteiger partial charge in [-0.2, -0.15) is 5.10 Å². The molecule has 0 saturated heterocycles. The molecule has 0 unspecified atom stereocenters. The van der Waals surface area contributed by atoms with Gasteiger partial charge in [0.1, 0.15) is 5.82 Å². The molecule has 1 amide bonds. The molecule has 4 aromatic rings. The van der Waals surface area contributed by atoms with Crippen LogP contribution in [0, 0.1) is 12.7 Å². The maximum Gasteiger partial charge on any atom is 0.280 e. The van der Waals surface area contributed by atoms with Crippen molar-refractivity contribution in [3.63, 3.8) is 0 Å². The number of halogens is 1. The topological polar surface area (TPSA) is 63.9 Å². The summed E-state index contributed by atoms with van der Waals surface area (Å²) in [5.74, 6) is -0.594. The Morgan fingerprint density at radius 3 is 2.82 bits per heavy atom. The third-order valence-corrected chi connectivity index (χ3v) is 5.40. The van der Waals surface area contributed by atoms with Crippen molar-refractivity contribution in [2.75, 3.05) is 4.90 Å². The van der Waals surface area contributed by atoms with Crippen LogP contribution < -0.4 is 4.90 Å². The number of anilines is 1. The minimum atomic E-state index is -0.331. The molecule has 3 aromatic heterocycles. The van der Waals surface area contributed by atoms with Crippen LogP contribution in [0.5, 0.6) is 0 Å². The predicted octanol–water partition coefficient (Wildman–Crippen LogP) is 4.20. The van der Waals surface area contributed by atoms with Gasteiger partial charge < -0.3 is 0 Å². The van der Waals surface area contributed by atoms with Crippen LogP contribution in [0.25, 0.3) is 10.2 Å². The van der Waals surface area contributed by atoms with Gasteiger partial charge in [-0.25, -0.2) is 9.37 Å². The number of aryl methyl sites for hydroxylation is 2. The lowest BCUT2D eigenvalue weighted by Gasteiger charge is -2.18. The molecule has 0 spiro atoms. The zero-order chi connectivity index (χ0) is 19.7. The van der Waals surface area contributed by atoms with E-state index in [0.29, 0.717) is 27.6 Å². The van der Waals surface area contributed by atoms with Crippen molar-refractivity contribution in [1.82, 2.24) is 19.7 Å². The van der Waals surface area contributed by atoms with Crippen molar-refractivity contribution in [3.8, 4) is 0 Å². The summed E-state index contributed by atoms with van der Waals surface area (Å²) in [6.07, 6.45) is 1.68. The molecule has 0 aliphatic rings. The summed E-state index contributed by atoms with van der Waals surface area (Å²) < 4.78 is 16.0. The van der Waals surface area contributed by atoms with E-state index in [1.165, 1.54) is 23.5 Å². The second-order valence-corrected chi connectivity index (χ2v) is 7.32. The molecule has 0 fully saturated rings. The number of thiazole rings is 1.